The van der Waals surface area contributed by atoms with Gasteiger partial charge in [-0.25, -0.2) is 4.98 Å². The molecule has 0 aliphatic carbocycles. The van der Waals surface area contributed by atoms with Crippen molar-refractivity contribution in [2.45, 2.75) is 31.7 Å². The lowest BCUT2D eigenvalue weighted by Gasteiger charge is -2.22. The average molecular weight is 222 g/mol. The highest BCUT2D eigenvalue weighted by atomic mass is 16.2. The minimum absolute atomic E-state index is 0.00495. The Labute approximate surface area is 95.0 Å². The quantitative estimate of drug-likeness (QED) is 0.682. The maximum Gasteiger partial charge on any atom is 0.237 e. The summed E-state index contributed by atoms with van der Waals surface area (Å²) in [4.78, 5) is 18.8. The number of aromatic amines is 1. The summed E-state index contributed by atoms with van der Waals surface area (Å²) in [7, 11) is 0. The van der Waals surface area contributed by atoms with Crippen molar-refractivity contribution in [1.82, 2.24) is 20.6 Å². The molecule has 0 radical (unpaired) electrons. The number of nitrogens with zero attached hydrogens (tertiary/aromatic N) is 1. The molecule has 16 heavy (non-hydrogen) atoms. The average Bonchev–Trinajstić information content (AvgIpc) is 2.83. The molecule has 0 saturated carbocycles. The van der Waals surface area contributed by atoms with E-state index >= 15 is 0 Å². The van der Waals surface area contributed by atoms with E-state index in [1.165, 1.54) is 6.42 Å². The Hall–Kier alpha value is -1.36. The van der Waals surface area contributed by atoms with Gasteiger partial charge in [-0.3, -0.25) is 4.79 Å². The molecule has 2 rings (SSSR count). The second-order valence-electron chi connectivity index (χ2n) is 4.08. The van der Waals surface area contributed by atoms with Crippen LogP contribution in [-0.4, -0.2) is 35.0 Å². The summed E-state index contributed by atoms with van der Waals surface area (Å²) in [5.41, 5.74) is 0. The van der Waals surface area contributed by atoms with E-state index in [0.717, 1.165) is 31.6 Å². The van der Waals surface area contributed by atoms with Crippen molar-refractivity contribution in [3.8, 4) is 0 Å². The normalized spacial score (nSPS) is 20.6. The van der Waals surface area contributed by atoms with Crippen LogP contribution in [0.1, 0.15) is 25.1 Å². The molecular formula is C11H18N4O. The predicted octanol–water partition coefficient (Wildman–Crippen LogP) is 0.210. The summed E-state index contributed by atoms with van der Waals surface area (Å²) >= 11 is 0. The summed E-state index contributed by atoms with van der Waals surface area (Å²) in [6, 6.07) is 0.00495. The van der Waals surface area contributed by atoms with Crippen molar-refractivity contribution < 1.29 is 4.79 Å². The molecule has 0 bridgehead atoms. The number of aromatic nitrogens is 2. The van der Waals surface area contributed by atoms with Crippen LogP contribution in [0.5, 0.6) is 0 Å². The molecular weight excluding hydrogens is 204 g/mol. The molecule has 1 amide bonds. The lowest BCUT2D eigenvalue weighted by Crippen LogP contribution is -2.47. The Morgan fingerprint density at radius 1 is 1.56 bits per heavy atom. The van der Waals surface area contributed by atoms with Crippen LogP contribution in [-0.2, 0) is 11.2 Å². The van der Waals surface area contributed by atoms with Gasteiger partial charge in [-0.1, -0.05) is 6.42 Å². The van der Waals surface area contributed by atoms with Gasteiger partial charge in [0.05, 0.1) is 6.04 Å². The van der Waals surface area contributed by atoms with Crippen LogP contribution in [0.4, 0.5) is 0 Å². The Balaban J connectivity index is 1.67. The lowest BCUT2D eigenvalue weighted by molar-refractivity contribution is -0.123. The molecule has 0 unspecified atom stereocenters. The minimum Gasteiger partial charge on any atom is -0.354 e. The molecule has 0 aromatic carbocycles. The van der Waals surface area contributed by atoms with Gasteiger partial charge >= 0.3 is 0 Å². The summed E-state index contributed by atoms with van der Waals surface area (Å²) < 4.78 is 0. The second-order valence-corrected chi connectivity index (χ2v) is 4.08. The van der Waals surface area contributed by atoms with E-state index in [0.29, 0.717) is 6.54 Å². The first-order valence-electron chi connectivity index (χ1n) is 5.85. The highest BCUT2D eigenvalue weighted by Crippen LogP contribution is 2.06. The van der Waals surface area contributed by atoms with Gasteiger partial charge in [0.1, 0.15) is 5.82 Å². The minimum atomic E-state index is 0.00495. The first-order valence-corrected chi connectivity index (χ1v) is 5.85. The molecule has 1 aromatic heterocycles. The van der Waals surface area contributed by atoms with Gasteiger partial charge in [0, 0.05) is 25.4 Å². The molecule has 1 aliphatic rings. The van der Waals surface area contributed by atoms with E-state index in [2.05, 4.69) is 20.6 Å². The van der Waals surface area contributed by atoms with E-state index in [9.17, 15) is 4.79 Å². The topological polar surface area (TPSA) is 69.8 Å². The van der Waals surface area contributed by atoms with Gasteiger partial charge in [0.2, 0.25) is 5.91 Å². The largest absolute Gasteiger partial charge is 0.354 e. The van der Waals surface area contributed by atoms with E-state index < -0.39 is 0 Å². The van der Waals surface area contributed by atoms with Gasteiger partial charge < -0.3 is 15.6 Å². The van der Waals surface area contributed by atoms with E-state index in [1.54, 1.807) is 12.4 Å². The predicted molar refractivity (Wildman–Crippen MR) is 60.9 cm³/mol. The Kier molecular flexibility index (Phi) is 3.93. The molecule has 1 saturated heterocycles. The number of carbonyl (C=O) groups excluding carboxylic acids is 1. The third kappa shape index (κ3) is 3.06. The van der Waals surface area contributed by atoms with Crippen molar-refractivity contribution in [1.29, 1.82) is 0 Å². The number of nitrogens with one attached hydrogen (secondary N) is 3. The zero-order valence-corrected chi connectivity index (χ0v) is 9.33. The van der Waals surface area contributed by atoms with Crippen molar-refractivity contribution in [2.75, 3.05) is 13.1 Å². The SMILES string of the molecule is O=C(NCCc1ncc[nH]1)[C@H]1CCCCN1. The monoisotopic (exact) mass is 222 g/mol. The van der Waals surface area contributed by atoms with Crippen LogP contribution in [0.3, 0.4) is 0 Å². The van der Waals surface area contributed by atoms with Crippen LogP contribution < -0.4 is 10.6 Å². The van der Waals surface area contributed by atoms with Gasteiger partial charge in [-0.2, -0.15) is 0 Å². The fourth-order valence-corrected chi connectivity index (χ4v) is 1.94. The summed E-state index contributed by atoms with van der Waals surface area (Å²) in [6.07, 6.45) is 7.54. The Bertz CT molecular complexity index is 317. The molecule has 2 heterocycles. The number of H-pyrrole nitrogens is 1. The molecule has 5 nitrogen and oxygen atoms in total. The summed E-state index contributed by atoms with van der Waals surface area (Å²) in [5.74, 6) is 1.03. The molecule has 3 N–H and O–H groups in total. The lowest BCUT2D eigenvalue weighted by atomic mass is 10.0. The number of hydrogen-bond acceptors (Lipinski definition) is 3. The number of amides is 1. The van der Waals surface area contributed by atoms with Gasteiger partial charge in [0.15, 0.2) is 0 Å². The van der Waals surface area contributed by atoms with E-state index in [1.807, 2.05) is 0 Å². The maximum atomic E-state index is 11.7. The van der Waals surface area contributed by atoms with Crippen LogP contribution >= 0.6 is 0 Å². The first-order chi connectivity index (χ1) is 7.86. The Morgan fingerprint density at radius 3 is 3.19 bits per heavy atom. The van der Waals surface area contributed by atoms with Gasteiger partial charge in [0.25, 0.3) is 0 Å². The van der Waals surface area contributed by atoms with Crippen LogP contribution in [0.15, 0.2) is 12.4 Å². The highest BCUT2D eigenvalue weighted by molar-refractivity contribution is 5.81. The van der Waals surface area contributed by atoms with Gasteiger partial charge in [-0.15, -0.1) is 0 Å². The smallest absolute Gasteiger partial charge is 0.237 e. The third-order valence-electron chi connectivity index (χ3n) is 2.84. The number of hydrogen-bond donors (Lipinski definition) is 3. The number of imidazole rings is 1. The molecule has 1 aliphatic heterocycles. The third-order valence-corrected chi connectivity index (χ3v) is 2.84. The summed E-state index contributed by atoms with van der Waals surface area (Å²) in [6.45, 7) is 1.60. The number of rotatable bonds is 4. The van der Waals surface area contributed by atoms with Crippen molar-refractivity contribution >= 4 is 5.91 Å². The fourth-order valence-electron chi connectivity index (χ4n) is 1.94. The number of piperidine rings is 1. The molecule has 0 spiro atoms. The maximum absolute atomic E-state index is 11.7. The zero-order valence-electron chi connectivity index (χ0n) is 9.33. The van der Waals surface area contributed by atoms with Crippen molar-refractivity contribution in [3.63, 3.8) is 0 Å². The highest BCUT2D eigenvalue weighted by Gasteiger charge is 2.19. The van der Waals surface area contributed by atoms with Crippen molar-refractivity contribution in [2.24, 2.45) is 0 Å². The first kappa shape index (κ1) is 11.1. The standard InChI is InChI=1S/C11H18N4O/c16-11(9-3-1-2-5-12-9)15-6-4-10-13-7-8-14-10/h7-9,12H,1-6H2,(H,13,14)(H,15,16)/t9-/m1/s1. The van der Waals surface area contributed by atoms with Gasteiger partial charge in [-0.05, 0) is 19.4 Å². The molecule has 1 atom stereocenters. The Morgan fingerprint density at radius 2 is 2.50 bits per heavy atom. The number of carbonyl (C=O) groups is 1. The molecule has 88 valence electrons. The molecule has 1 fully saturated rings. The van der Waals surface area contributed by atoms with Crippen molar-refractivity contribution in [3.05, 3.63) is 18.2 Å². The summed E-state index contributed by atoms with van der Waals surface area (Å²) in [5, 5.41) is 6.16. The van der Waals surface area contributed by atoms with E-state index in [-0.39, 0.29) is 11.9 Å². The fraction of sp³-hybridized carbons (Fsp3) is 0.636. The second kappa shape index (κ2) is 5.65. The molecule has 5 heteroatoms. The van der Waals surface area contributed by atoms with Crippen LogP contribution in [0, 0.1) is 0 Å². The van der Waals surface area contributed by atoms with E-state index in [4.69, 9.17) is 0 Å². The van der Waals surface area contributed by atoms with Crippen LogP contribution in [0.25, 0.3) is 0 Å². The van der Waals surface area contributed by atoms with Crippen LogP contribution in [0.2, 0.25) is 0 Å². The molecule has 1 aromatic rings. The zero-order chi connectivity index (χ0) is 11.2.